The van der Waals surface area contributed by atoms with E-state index in [1.54, 1.807) is 17.8 Å². The average molecular weight is 221 g/mol. The highest BCUT2D eigenvalue weighted by Crippen LogP contribution is 1.95. The number of aromatic nitrogens is 2. The molecule has 2 N–H and O–H groups in total. The number of guanidine groups is 1. The van der Waals surface area contributed by atoms with Crippen molar-refractivity contribution in [3.05, 3.63) is 30.6 Å². The van der Waals surface area contributed by atoms with Crippen molar-refractivity contribution in [1.82, 2.24) is 20.4 Å². The third-order valence-electron chi connectivity index (χ3n) is 2.10. The van der Waals surface area contributed by atoms with E-state index >= 15 is 0 Å². The van der Waals surface area contributed by atoms with Crippen LogP contribution < -0.4 is 10.6 Å². The van der Waals surface area contributed by atoms with Gasteiger partial charge in [0.25, 0.3) is 0 Å². The highest BCUT2D eigenvalue weighted by atomic mass is 15.2. The Bertz CT molecular complexity index is 353. The second-order valence-corrected chi connectivity index (χ2v) is 3.44. The Morgan fingerprint density at radius 3 is 3.00 bits per heavy atom. The van der Waals surface area contributed by atoms with Crippen LogP contribution in [0.3, 0.4) is 0 Å². The molecule has 0 aromatic carbocycles. The molecule has 5 heteroatoms. The van der Waals surface area contributed by atoms with Gasteiger partial charge in [0.2, 0.25) is 0 Å². The van der Waals surface area contributed by atoms with Crippen molar-refractivity contribution in [2.24, 2.45) is 12.0 Å². The first kappa shape index (κ1) is 12.3. The van der Waals surface area contributed by atoms with Crippen molar-refractivity contribution in [3.8, 4) is 0 Å². The molecule has 1 aromatic rings. The van der Waals surface area contributed by atoms with Gasteiger partial charge in [-0.15, -0.1) is 6.58 Å². The highest BCUT2D eigenvalue weighted by molar-refractivity contribution is 5.79. The average Bonchev–Trinajstić information content (AvgIpc) is 2.69. The number of hydrogen-bond donors (Lipinski definition) is 2. The molecule has 0 aliphatic heterocycles. The molecule has 0 fully saturated rings. The molecule has 0 saturated heterocycles. The molecule has 0 amide bonds. The molecule has 0 aliphatic rings. The van der Waals surface area contributed by atoms with E-state index in [1.807, 2.05) is 19.4 Å². The third-order valence-corrected chi connectivity index (χ3v) is 2.10. The predicted octanol–water partition coefficient (Wildman–Crippen LogP) is 0.314. The van der Waals surface area contributed by atoms with Crippen molar-refractivity contribution >= 4 is 5.96 Å². The van der Waals surface area contributed by atoms with Crippen molar-refractivity contribution in [2.45, 2.75) is 6.42 Å². The molecule has 88 valence electrons. The second kappa shape index (κ2) is 6.66. The van der Waals surface area contributed by atoms with Gasteiger partial charge in [0.05, 0.1) is 6.20 Å². The van der Waals surface area contributed by atoms with E-state index in [-0.39, 0.29) is 0 Å². The molecule has 1 rings (SSSR count). The van der Waals surface area contributed by atoms with Gasteiger partial charge in [0, 0.05) is 33.4 Å². The molecule has 0 spiro atoms. The van der Waals surface area contributed by atoms with Crippen LogP contribution in [0.25, 0.3) is 0 Å². The van der Waals surface area contributed by atoms with E-state index in [0.717, 1.165) is 18.9 Å². The van der Waals surface area contributed by atoms with Crippen LogP contribution in [-0.2, 0) is 13.5 Å². The lowest BCUT2D eigenvalue weighted by atomic mass is 10.2. The number of rotatable bonds is 5. The van der Waals surface area contributed by atoms with Gasteiger partial charge in [0.1, 0.15) is 0 Å². The molecular weight excluding hydrogens is 202 g/mol. The van der Waals surface area contributed by atoms with Crippen LogP contribution in [-0.4, -0.2) is 35.9 Å². The number of hydrogen-bond acceptors (Lipinski definition) is 2. The van der Waals surface area contributed by atoms with E-state index in [0.29, 0.717) is 6.54 Å². The van der Waals surface area contributed by atoms with Crippen LogP contribution in [0.1, 0.15) is 5.56 Å². The largest absolute Gasteiger partial charge is 0.356 e. The van der Waals surface area contributed by atoms with E-state index in [9.17, 15) is 0 Å². The van der Waals surface area contributed by atoms with Crippen LogP contribution in [0.5, 0.6) is 0 Å². The first-order valence-corrected chi connectivity index (χ1v) is 5.29. The smallest absolute Gasteiger partial charge is 0.191 e. The van der Waals surface area contributed by atoms with Gasteiger partial charge in [0.15, 0.2) is 5.96 Å². The number of nitrogens with one attached hydrogen (secondary N) is 2. The summed E-state index contributed by atoms with van der Waals surface area (Å²) < 4.78 is 1.81. The Hall–Kier alpha value is -1.78. The lowest BCUT2D eigenvalue weighted by Gasteiger charge is -2.09. The Balaban J connectivity index is 2.26. The van der Waals surface area contributed by atoms with Crippen LogP contribution in [0, 0.1) is 0 Å². The molecular formula is C11H19N5. The Labute approximate surface area is 96.3 Å². The van der Waals surface area contributed by atoms with Crippen LogP contribution in [0.4, 0.5) is 0 Å². The maximum absolute atomic E-state index is 4.11. The standard InChI is InChI=1S/C11H19N5/c1-4-6-13-11(12-2)14-7-5-10-8-15-16(3)9-10/h4,8-9H,1,5-7H2,2-3H3,(H2,12,13,14). The summed E-state index contributed by atoms with van der Waals surface area (Å²) >= 11 is 0. The van der Waals surface area contributed by atoms with Gasteiger partial charge >= 0.3 is 0 Å². The van der Waals surface area contributed by atoms with Gasteiger partial charge in [-0.2, -0.15) is 5.10 Å². The zero-order valence-electron chi connectivity index (χ0n) is 9.90. The Kier molecular flexibility index (Phi) is 5.11. The van der Waals surface area contributed by atoms with Crippen molar-refractivity contribution < 1.29 is 0 Å². The minimum absolute atomic E-state index is 0.715. The summed E-state index contributed by atoms with van der Waals surface area (Å²) in [5.74, 6) is 0.795. The molecule has 0 unspecified atom stereocenters. The molecule has 5 nitrogen and oxygen atoms in total. The van der Waals surface area contributed by atoms with Crippen LogP contribution in [0.15, 0.2) is 30.0 Å². The van der Waals surface area contributed by atoms with E-state index in [2.05, 4.69) is 27.3 Å². The first-order chi connectivity index (χ1) is 7.76. The quantitative estimate of drug-likeness (QED) is 0.427. The van der Waals surface area contributed by atoms with Gasteiger partial charge in [-0.3, -0.25) is 9.67 Å². The Morgan fingerprint density at radius 2 is 2.44 bits per heavy atom. The monoisotopic (exact) mass is 221 g/mol. The minimum Gasteiger partial charge on any atom is -0.356 e. The van der Waals surface area contributed by atoms with Gasteiger partial charge in [-0.25, -0.2) is 0 Å². The zero-order valence-corrected chi connectivity index (χ0v) is 9.90. The predicted molar refractivity (Wildman–Crippen MR) is 66.5 cm³/mol. The molecule has 1 aromatic heterocycles. The third kappa shape index (κ3) is 4.16. The lowest BCUT2D eigenvalue weighted by Crippen LogP contribution is -2.38. The Morgan fingerprint density at radius 1 is 1.62 bits per heavy atom. The molecule has 0 aliphatic carbocycles. The fraction of sp³-hybridized carbons (Fsp3) is 0.455. The van der Waals surface area contributed by atoms with Gasteiger partial charge in [-0.05, 0) is 12.0 Å². The summed E-state index contributed by atoms with van der Waals surface area (Å²) in [6.45, 7) is 5.19. The number of aryl methyl sites for hydroxylation is 1. The summed E-state index contributed by atoms with van der Waals surface area (Å²) in [4.78, 5) is 4.09. The molecule has 1 heterocycles. The molecule has 0 bridgehead atoms. The minimum atomic E-state index is 0.715. The topological polar surface area (TPSA) is 54.2 Å². The SMILES string of the molecule is C=CCNC(=NC)NCCc1cnn(C)c1. The second-order valence-electron chi connectivity index (χ2n) is 3.44. The maximum atomic E-state index is 4.11. The normalized spacial score (nSPS) is 11.2. The lowest BCUT2D eigenvalue weighted by molar-refractivity contribution is 0.765. The first-order valence-electron chi connectivity index (χ1n) is 5.29. The number of nitrogens with zero attached hydrogens (tertiary/aromatic N) is 3. The maximum Gasteiger partial charge on any atom is 0.191 e. The van der Waals surface area contributed by atoms with Crippen molar-refractivity contribution in [2.75, 3.05) is 20.1 Å². The van der Waals surface area contributed by atoms with Crippen molar-refractivity contribution in [1.29, 1.82) is 0 Å². The summed E-state index contributed by atoms with van der Waals surface area (Å²) in [7, 11) is 3.67. The van der Waals surface area contributed by atoms with Gasteiger partial charge in [-0.1, -0.05) is 6.08 Å². The molecule has 0 radical (unpaired) electrons. The van der Waals surface area contributed by atoms with Gasteiger partial charge < -0.3 is 10.6 Å². The highest BCUT2D eigenvalue weighted by Gasteiger charge is 1.97. The molecule has 16 heavy (non-hydrogen) atoms. The van der Waals surface area contributed by atoms with E-state index < -0.39 is 0 Å². The summed E-state index contributed by atoms with van der Waals surface area (Å²) in [5.41, 5.74) is 1.22. The summed E-state index contributed by atoms with van der Waals surface area (Å²) in [6.07, 6.45) is 6.62. The van der Waals surface area contributed by atoms with Crippen LogP contribution >= 0.6 is 0 Å². The van der Waals surface area contributed by atoms with Crippen molar-refractivity contribution in [3.63, 3.8) is 0 Å². The fourth-order valence-corrected chi connectivity index (χ4v) is 1.32. The summed E-state index contributed by atoms with van der Waals surface area (Å²) in [5, 5.41) is 10.4. The zero-order chi connectivity index (χ0) is 11.8. The molecule has 0 atom stereocenters. The summed E-state index contributed by atoms with van der Waals surface area (Å²) in [6, 6.07) is 0. The number of aliphatic imine (C=N–C) groups is 1. The van der Waals surface area contributed by atoms with E-state index in [1.165, 1.54) is 5.56 Å². The fourth-order valence-electron chi connectivity index (χ4n) is 1.32. The van der Waals surface area contributed by atoms with Crippen LogP contribution in [0.2, 0.25) is 0 Å². The molecule has 0 saturated carbocycles. The van der Waals surface area contributed by atoms with E-state index in [4.69, 9.17) is 0 Å².